The second-order valence-electron chi connectivity index (χ2n) is 6.46. The third-order valence-corrected chi connectivity index (χ3v) is 4.61. The Morgan fingerprint density at radius 2 is 1.96 bits per heavy atom. The molecule has 4 atom stereocenters. The molecular weight excluding hydrogens is 344 g/mol. The van der Waals surface area contributed by atoms with Gasteiger partial charge in [0.05, 0.1) is 12.6 Å². The average molecular weight is 372 g/mol. The van der Waals surface area contributed by atoms with E-state index < -0.39 is 55.0 Å². The van der Waals surface area contributed by atoms with Crippen LogP contribution in [0.4, 0.5) is 0 Å². The van der Waals surface area contributed by atoms with Crippen LogP contribution in [0.3, 0.4) is 0 Å². The molecule has 0 aromatic rings. The largest absolute Gasteiger partial charge is 0.480 e. The Bertz CT molecular complexity index is 541. The molecule has 0 spiro atoms. The number of hydrogen-bond donors (Lipinski definition) is 5. The molecule has 0 aromatic heterocycles. The van der Waals surface area contributed by atoms with Gasteiger partial charge in [0, 0.05) is 6.54 Å². The first-order valence-corrected chi connectivity index (χ1v) is 8.69. The quantitative estimate of drug-likeness (QED) is 0.313. The van der Waals surface area contributed by atoms with Crippen molar-refractivity contribution < 1.29 is 29.4 Å². The number of amides is 3. The molecule has 26 heavy (non-hydrogen) atoms. The van der Waals surface area contributed by atoms with Gasteiger partial charge in [0.15, 0.2) is 0 Å². The summed E-state index contributed by atoms with van der Waals surface area (Å²) in [6.07, 6.45) is 1.63. The maximum Gasteiger partial charge on any atom is 0.322 e. The van der Waals surface area contributed by atoms with Gasteiger partial charge in [0.25, 0.3) is 0 Å². The van der Waals surface area contributed by atoms with Gasteiger partial charge in [-0.25, -0.2) is 0 Å². The number of nitrogens with zero attached hydrogens (tertiary/aromatic N) is 1. The van der Waals surface area contributed by atoms with Gasteiger partial charge in [-0.3, -0.25) is 19.2 Å². The molecule has 0 aliphatic carbocycles. The first-order chi connectivity index (χ1) is 12.2. The fourth-order valence-electron chi connectivity index (χ4n) is 2.75. The Hall–Kier alpha value is -2.20. The molecule has 1 aliphatic heterocycles. The van der Waals surface area contributed by atoms with E-state index in [1.54, 1.807) is 0 Å². The van der Waals surface area contributed by atoms with Gasteiger partial charge in [-0.2, -0.15) is 0 Å². The Morgan fingerprint density at radius 3 is 2.50 bits per heavy atom. The summed E-state index contributed by atoms with van der Waals surface area (Å²) in [4.78, 5) is 48.7. The van der Waals surface area contributed by atoms with Crippen molar-refractivity contribution >= 4 is 23.7 Å². The highest BCUT2D eigenvalue weighted by Gasteiger charge is 2.38. The minimum Gasteiger partial charge on any atom is -0.480 e. The molecule has 1 heterocycles. The van der Waals surface area contributed by atoms with Crippen LogP contribution in [0, 0.1) is 5.92 Å². The molecule has 3 amide bonds. The summed E-state index contributed by atoms with van der Waals surface area (Å²) in [6.45, 7) is 2.81. The molecule has 0 radical (unpaired) electrons. The van der Waals surface area contributed by atoms with Crippen molar-refractivity contribution in [3.05, 3.63) is 0 Å². The van der Waals surface area contributed by atoms with Crippen LogP contribution in [-0.4, -0.2) is 76.6 Å². The van der Waals surface area contributed by atoms with Crippen molar-refractivity contribution in [2.75, 3.05) is 19.7 Å². The van der Waals surface area contributed by atoms with Crippen molar-refractivity contribution in [3.8, 4) is 0 Å². The summed E-state index contributed by atoms with van der Waals surface area (Å²) in [5.41, 5.74) is 5.83. The van der Waals surface area contributed by atoms with Crippen LogP contribution >= 0.6 is 0 Å². The fourth-order valence-corrected chi connectivity index (χ4v) is 2.75. The zero-order valence-electron chi connectivity index (χ0n) is 15.1. The van der Waals surface area contributed by atoms with Crippen LogP contribution in [-0.2, 0) is 19.2 Å². The highest BCUT2D eigenvalue weighted by atomic mass is 16.4. The molecular formula is C16H28N4O6. The molecule has 1 saturated heterocycles. The predicted molar refractivity (Wildman–Crippen MR) is 91.8 cm³/mol. The number of rotatable bonds is 9. The minimum atomic E-state index is -1.20. The lowest BCUT2D eigenvalue weighted by Gasteiger charge is -2.28. The highest BCUT2D eigenvalue weighted by molar-refractivity contribution is 5.94. The molecule has 1 aliphatic rings. The summed E-state index contributed by atoms with van der Waals surface area (Å²) in [6, 6.07) is -2.84. The number of carboxylic acids is 1. The van der Waals surface area contributed by atoms with Crippen LogP contribution in [0.25, 0.3) is 0 Å². The normalized spacial score (nSPS) is 20.2. The third-order valence-electron chi connectivity index (χ3n) is 4.61. The number of carboxylic acid groups (broad SMARTS) is 1. The zero-order valence-corrected chi connectivity index (χ0v) is 15.1. The number of nitrogens with two attached hydrogens (primary N) is 1. The second-order valence-corrected chi connectivity index (χ2v) is 6.46. The smallest absolute Gasteiger partial charge is 0.322 e. The van der Waals surface area contributed by atoms with Crippen LogP contribution in [0.5, 0.6) is 0 Å². The van der Waals surface area contributed by atoms with Crippen LogP contribution in [0.15, 0.2) is 0 Å². The van der Waals surface area contributed by atoms with E-state index in [9.17, 15) is 24.3 Å². The lowest BCUT2D eigenvalue weighted by atomic mass is 9.99. The summed E-state index contributed by atoms with van der Waals surface area (Å²) >= 11 is 0. The molecule has 0 saturated carbocycles. The lowest BCUT2D eigenvalue weighted by molar-refractivity contribution is -0.143. The van der Waals surface area contributed by atoms with Gasteiger partial charge >= 0.3 is 5.97 Å². The Morgan fingerprint density at radius 1 is 1.31 bits per heavy atom. The van der Waals surface area contributed by atoms with E-state index in [4.69, 9.17) is 10.8 Å². The SMILES string of the molecule is CCC(C)C(N)C(=O)NC(CO)C(=O)N1CCCC1C(=O)NCC(=O)O. The van der Waals surface area contributed by atoms with E-state index in [1.807, 2.05) is 13.8 Å². The number of aliphatic carboxylic acids is 1. The molecule has 4 unspecified atom stereocenters. The molecule has 0 aromatic carbocycles. The zero-order chi connectivity index (χ0) is 19.9. The number of hydrogen-bond acceptors (Lipinski definition) is 6. The molecule has 0 bridgehead atoms. The van der Waals surface area contributed by atoms with Crippen LogP contribution < -0.4 is 16.4 Å². The first-order valence-electron chi connectivity index (χ1n) is 8.69. The van der Waals surface area contributed by atoms with Crippen molar-refractivity contribution in [1.29, 1.82) is 0 Å². The summed E-state index contributed by atoms with van der Waals surface area (Å²) < 4.78 is 0. The average Bonchev–Trinajstić information content (AvgIpc) is 3.11. The van der Waals surface area contributed by atoms with E-state index in [0.29, 0.717) is 19.3 Å². The van der Waals surface area contributed by atoms with Gasteiger partial charge in [0.2, 0.25) is 17.7 Å². The fraction of sp³-hybridized carbons (Fsp3) is 0.750. The molecule has 6 N–H and O–H groups in total. The maximum absolute atomic E-state index is 12.6. The van der Waals surface area contributed by atoms with Crippen molar-refractivity contribution in [2.24, 2.45) is 11.7 Å². The summed E-state index contributed by atoms with van der Waals surface area (Å²) in [7, 11) is 0. The second kappa shape index (κ2) is 10.1. The Kier molecular flexibility index (Phi) is 8.46. The van der Waals surface area contributed by atoms with Gasteiger partial charge in [-0.1, -0.05) is 20.3 Å². The van der Waals surface area contributed by atoms with E-state index in [0.717, 1.165) is 0 Å². The van der Waals surface area contributed by atoms with Crippen LogP contribution in [0.1, 0.15) is 33.1 Å². The summed E-state index contributed by atoms with van der Waals surface area (Å²) in [5, 5.41) is 22.8. The van der Waals surface area contributed by atoms with Gasteiger partial charge in [-0.15, -0.1) is 0 Å². The third kappa shape index (κ3) is 5.67. The molecule has 10 heteroatoms. The predicted octanol–water partition coefficient (Wildman–Crippen LogP) is -1.97. The number of carbonyl (C=O) groups excluding carboxylic acids is 3. The van der Waals surface area contributed by atoms with Gasteiger partial charge < -0.3 is 31.5 Å². The molecule has 1 rings (SSSR count). The van der Waals surface area contributed by atoms with E-state index in [1.165, 1.54) is 4.90 Å². The van der Waals surface area contributed by atoms with Crippen molar-refractivity contribution in [2.45, 2.75) is 51.2 Å². The molecule has 10 nitrogen and oxygen atoms in total. The highest BCUT2D eigenvalue weighted by Crippen LogP contribution is 2.18. The minimum absolute atomic E-state index is 0.0919. The Labute approximate surface area is 152 Å². The van der Waals surface area contributed by atoms with Crippen molar-refractivity contribution in [3.63, 3.8) is 0 Å². The number of likely N-dealkylation sites (tertiary alicyclic amines) is 1. The van der Waals surface area contributed by atoms with E-state index >= 15 is 0 Å². The first kappa shape index (κ1) is 21.8. The summed E-state index contributed by atoms with van der Waals surface area (Å²) in [5.74, 6) is -2.99. The maximum atomic E-state index is 12.6. The number of nitrogens with one attached hydrogen (secondary N) is 2. The Balaban J connectivity index is 2.75. The lowest BCUT2D eigenvalue weighted by Crippen LogP contribution is -2.57. The van der Waals surface area contributed by atoms with E-state index in [2.05, 4.69) is 10.6 Å². The molecule has 148 valence electrons. The standard InChI is InChI=1S/C16H28N4O6/c1-3-9(2)13(17)15(25)19-10(8-21)16(26)20-6-4-5-11(20)14(24)18-7-12(22)23/h9-11,13,21H,3-8,17H2,1-2H3,(H,18,24)(H,19,25)(H,22,23). The van der Waals surface area contributed by atoms with Crippen LogP contribution in [0.2, 0.25) is 0 Å². The monoisotopic (exact) mass is 372 g/mol. The van der Waals surface area contributed by atoms with Crippen molar-refractivity contribution in [1.82, 2.24) is 15.5 Å². The topological polar surface area (TPSA) is 162 Å². The number of aliphatic hydroxyl groups excluding tert-OH is 1. The number of carbonyl (C=O) groups is 4. The molecule has 1 fully saturated rings. The number of aliphatic hydroxyl groups is 1. The van der Waals surface area contributed by atoms with Gasteiger partial charge in [0.1, 0.15) is 18.6 Å². The van der Waals surface area contributed by atoms with Gasteiger partial charge in [-0.05, 0) is 18.8 Å². The van der Waals surface area contributed by atoms with E-state index in [-0.39, 0.29) is 12.5 Å².